The monoisotopic (exact) mass is 1330 g/mol. The molecule has 11 rings (SSSR count). The van der Waals surface area contributed by atoms with Crippen molar-refractivity contribution in [3.63, 3.8) is 0 Å². The zero-order chi connectivity index (χ0) is 60.9. The second-order valence-corrected chi connectivity index (χ2v) is 33.3. The number of fused-ring (bicyclic) bond motifs is 1. The van der Waals surface area contributed by atoms with Crippen LogP contribution in [0.3, 0.4) is 0 Å². The van der Waals surface area contributed by atoms with Gasteiger partial charge in [-0.1, -0.05) is 230 Å². The molecule has 6 nitrogen and oxygen atoms in total. The topological polar surface area (TPSA) is 71.3 Å². The largest absolute Gasteiger partial charge is 4.00 e. The molecule has 3 aliphatic rings. The molecule has 8 aromatic carbocycles. The van der Waals surface area contributed by atoms with Crippen molar-refractivity contribution in [1.82, 2.24) is 0 Å². The fraction of sp³-hybridized carbons (Fsp3) is 0.122. The molecule has 10 radical (unpaired) electrons. The zero-order valence-electron chi connectivity index (χ0n) is 49.2. The number of allylic oxidation sites excluding steroid dienone is 1. The predicted octanol–water partition coefficient (Wildman–Crippen LogP) is 15.6. The number of nitrogens with zero attached hydrogens (tertiary/aromatic N) is 4. The van der Waals surface area contributed by atoms with Crippen LogP contribution in [0.4, 0.5) is 22.7 Å². The van der Waals surface area contributed by atoms with Crippen LogP contribution < -0.4 is 35.7 Å². The van der Waals surface area contributed by atoms with Crippen molar-refractivity contribution < 1.29 is 36.1 Å². The van der Waals surface area contributed by atoms with Gasteiger partial charge >= 0.3 is 26.2 Å². The van der Waals surface area contributed by atoms with Crippen molar-refractivity contribution in [3.05, 3.63) is 313 Å². The van der Waals surface area contributed by atoms with E-state index in [4.69, 9.17) is 56.4 Å². The summed E-state index contributed by atoms with van der Waals surface area (Å²) in [6.45, 7) is 13.2. The quantitative estimate of drug-likeness (QED) is 0.0450. The van der Waals surface area contributed by atoms with E-state index in [1.54, 1.807) is 66.7 Å². The van der Waals surface area contributed by atoms with Gasteiger partial charge in [0.25, 0.3) is 5.91 Å². The normalized spacial score (nSPS) is 15.4. The van der Waals surface area contributed by atoms with Gasteiger partial charge in [-0.15, -0.1) is 17.2 Å². The molecular weight excluding hydrogens is 1270 g/mol. The molecule has 1 amide bonds. The van der Waals surface area contributed by atoms with Gasteiger partial charge in [-0.05, 0) is 165 Å². The molecule has 0 saturated heterocycles. The molecular formula is C74H64Cl4N4O2Si2Zr+2. The minimum Gasteiger partial charge on any atom is -0.914 e. The van der Waals surface area contributed by atoms with Gasteiger partial charge in [0.2, 0.25) is 6.17 Å². The van der Waals surface area contributed by atoms with Gasteiger partial charge in [0.05, 0.1) is 5.69 Å². The predicted molar refractivity (Wildman–Crippen MR) is 366 cm³/mol. The number of amides is 1. The number of anilines is 4. The summed E-state index contributed by atoms with van der Waals surface area (Å²) >= 11 is 26.4. The Morgan fingerprint density at radius 2 is 0.908 bits per heavy atom. The number of benzene rings is 8. The number of carbonyl (C=O) groups excluding carboxylic acids is 1. The summed E-state index contributed by atoms with van der Waals surface area (Å²) in [5.74, 6) is 2.53. The SMILES string of the molecule is CC(C)(C)[Si](C#C[C-]=C(/C([O-])=N/C1N=C(N(c2ccc(Cl)cc2)c2ccc(Cl)cc2)c2cc(Cl)ccc2N(c2ccc(Cl)cc2)C1=O)[Si](c1ccccc1)(c1ccccc1)C(C)(C)C)(c1ccccc1)c1ccccc1.[CH]1[CH][CH][CH][CH]1.[CH]1[CH][CH][CH][CH]1.[Zr+4]. The summed E-state index contributed by atoms with van der Waals surface area (Å²) in [5, 5.41) is 21.9. The van der Waals surface area contributed by atoms with Crippen LogP contribution in [-0.4, -0.2) is 40.0 Å². The van der Waals surface area contributed by atoms with Gasteiger partial charge in [-0.25, -0.2) is 16.5 Å². The van der Waals surface area contributed by atoms with Crippen molar-refractivity contribution in [2.75, 3.05) is 9.80 Å². The first-order valence-corrected chi connectivity index (χ1v) is 33.7. The maximum Gasteiger partial charge on any atom is 4.00 e. The molecule has 1 atom stereocenters. The Morgan fingerprint density at radius 1 is 0.529 bits per heavy atom. The first-order chi connectivity index (χ1) is 41.4. The Morgan fingerprint density at radius 3 is 1.30 bits per heavy atom. The molecule has 0 N–H and O–H groups in total. The third-order valence-electron chi connectivity index (χ3n) is 15.0. The smallest absolute Gasteiger partial charge is 0.914 e. The number of hydrogen-bond acceptors (Lipinski definition) is 5. The van der Waals surface area contributed by atoms with Crippen molar-refractivity contribution in [2.24, 2.45) is 9.98 Å². The summed E-state index contributed by atoms with van der Waals surface area (Å²) in [6.07, 6.45) is 21.9. The Hall–Kier alpha value is -6.05. The number of aliphatic imine (C=N–C) groups is 2. The van der Waals surface area contributed by atoms with Crippen LogP contribution >= 0.6 is 46.4 Å². The second-order valence-electron chi connectivity index (χ2n) is 22.5. The van der Waals surface area contributed by atoms with E-state index >= 15 is 9.90 Å². The Labute approximate surface area is 557 Å². The van der Waals surface area contributed by atoms with Gasteiger partial charge in [0, 0.05) is 42.7 Å². The van der Waals surface area contributed by atoms with E-state index in [0.29, 0.717) is 48.4 Å². The van der Waals surface area contributed by atoms with Crippen molar-refractivity contribution in [2.45, 2.75) is 57.8 Å². The number of amidine groups is 1. The van der Waals surface area contributed by atoms with Crippen LogP contribution in [0.1, 0.15) is 47.1 Å². The first kappa shape index (κ1) is 66.9. The van der Waals surface area contributed by atoms with Crippen LogP contribution in [0.25, 0.3) is 0 Å². The molecule has 0 bridgehead atoms. The maximum atomic E-state index is 16.5. The molecule has 2 saturated carbocycles. The minimum absolute atomic E-state index is 0. The molecule has 87 heavy (non-hydrogen) atoms. The average molecular weight is 1330 g/mol. The van der Waals surface area contributed by atoms with Gasteiger partial charge in [0.1, 0.15) is 22.0 Å². The number of rotatable bonds is 10. The summed E-state index contributed by atoms with van der Waals surface area (Å²) in [6, 6.07) is 67.9. The second kappa shape index (κ2) is 30.4. The first-order valence-electron chi connectivity index (χ1n) is 28.2. The van der Waals surface area contributed by atoms with Crippen molar-refractivity contribution in [1.29, 1.82) is 0 Å². The van der Waals surface area contributed by atoms with E-state index in [0.717, 1.165) is 20.7 Å². The van der Waals surface area contributed by atoms with Gasteiger partial charge < -0.3 is 10.1 Å². The zero-order valence-corrected chi connectivity index (χ0v) is 56.7. The van der Waals surface area contributed by atoms with E-state index < -0.39 is 39.2 Å². The standard InChI is InChI=1S/C64H55Cl4N4O2Si2.2C5H5.Zr/c1-63(2,3)75(52-20-11-7-12-21-52,53-22-13-8-14-23-53)43-19-28-58(76(64(4,5)6,54-24-15-9-16-25-54)55-26-17-10-18-27-55)61(73)70-59-62(74)72(51-40-33-47(67)34-41-51)57-42-35-48(68)44-56(57)60(69-59)71(49-36-29-45(65)30-37-49)50-38-31-46(66)32-39-50;2*1-2-4-5-3-1;/h7-18,20-27,29-42,44,59H,1-6H3,(H,70,73);2*1-5H;/q-1;;;+4/p-1. The van der Waals surface area contributed by atoms with E-state index in [-0.39, 0.29) is 42.3 Å². The third-order valence-corrected chi connectivity index (χ3v) is 26.9. The van der Waals surface area contributed by atoms with Crippen molar-refractivity contribution >= 4 is 124 Å². The van der Waals surface area contributed by atoms with E-state index in [1.165, 1.54) is 4.90 Å². The van der Waals surface area contributed by atoms with E-state index in [9.17, 15) is 0 Å². The van der Waals surface area contributed by atoms with Crippen LogP contribution in [-0.2, 0) is 31.0 Å². The number of halogens is 4. The summed E-state index contributed by atoms with van der Waals surface area (Å²) < 4.78 is 0. The maximum absolute atomic E-state index is 16.5. The van der Waals surface area contributed by atoms with E-state index in [2.05, 4.69) is 132 Å². The number of carbonyl (C=O) groups is 1. The molecule has 1 unspecified atom stereocenters. The number of hydrogen-bond donors (Lipinski definition) is 0. The molecule has 0 spiro atoms. The van der Waals surface area contributed by atoms with Crippen molar-refractivity contribution in [3.8, 4) is 11.5 Å². The molecule has 2 aliphatic carbocycles. The van der Waals surface area contributed by atoms with Crippen LogP contribution in [0.15, 0.2) is 228 Å². The molecule has 8 aromatic rings. The molecule has 1 aliphatic heterocycles. The van der Waals surface area contributed by atoms with Crippen LogP contribution in [0.5, 0.6) is 0 Å². The summed E-state index contributed by atoms with van der Waals surface area (Å²) in [5.41, 5.74) is 6.58. The third kappa shape index (κ3) is 15.3. The summed E-state index contributed by atoms with van der Waals surface area (Å²) in [7, 11) is -6.69. The molecule has 0 aromatic heterocycles. The summed E-state index contributed by atoms with van der Waals surface area (Å²) in [4.78, 5) is 29.7. The Bertz CT molecular complexity index is 3560. The Kier molecular flexibility index (Phi) is 23.4. The molecule has 13 heteroatoms. The van der Waals surface area contributed by atoms with Crippen LogP contribution in [0, 0.1) is 81.7 Å². The molecule has 1 heterocycles. The minimum atomic E-state index is -3.64. The number of benzodiazepines with no additional fused rings is 1. The Balaban J connectivity index is 0.000000810. The van der Waals surface area contributed by atoms with Gasteiger partial charge in [0.15, 0.2) is 0 Å². The fourth-order valence-electron chi connectivity index (χ4n) is 11.2. The fourth-order valence-corrected chi connectivity index (χ4v) is 21.5. The van der Waals surface area contributed by atoms with Gasteiger partial charge in [-0.3, -0.25) is 14.6 Å². The molecule has 2 fully saturated rings. The van der Waals surface area contributed by atoms with Crippen LogP contribution in [0.2, 0.25) is 30.2 Å². The molecule has 430 valence electrons. The van der Waals surface area contributed by atoms with Gasteiger partial charge in [-0.2, -0.15) is 0 Å². The average Bonchev–Trinajstić information content (AvgIpc) is 0.793. The van der Waals surface area contributed by atoms with E-state index in [1.807, 2.05) is 142 Å².